The highest BCUT2D eigenvalue weighted by Crippen LogP contribution is 2.19. The van der Waals surface area contributed by atoms with Gasteiger partial charge in [0.15, 0.2) is 0 Å². The molecule has 80 valence electrons. The average molecular weight is 197 g/mol. The van der Waals surface area contributed by atoms with Gasteiger partial charge in [-0.05, 0) is 39.5 Å². The van der Waals surface area contributed by atoms with Crippen LogP contribution in [0.1, 0.15) is 39.5 Å². The summed E-state index contributed by atoms with van der Waals surface area (Å²) in [5.74, 6) is -0.295. The summed E-state index contributed by atoms with van der Waals surface area (Å²) in [4.78, 5) is 11.3. The first-order valence-corrected chi connectivity index (χ1v) is 5.19. The molecule has 0 spiro atoms. The molecule has 14 heavy (non-hydrogen) atoms. The second-order valence-electron chi connectivity index (χ2n) is 4.32. The van der Waals surface area contributed by atoms with Gasteiger partial charge in [-0.25, -0.2) is 0 Å². The molecule has 0 aromatic heterocycles. The molecule has 1 aliphatic rings. The molecule has 2 N–H and O–H groups in total. The van der Waals surface area contributed by atoms with Crippen LogP contribution in [-0.2, 0) is 4.79 Å². The van der Waals surface area contributed by atoms with Crippen LogP contribution in [0.2, 0.25) is 0 Å². The molecule has 0 bridgehead atoms. The summed E-state index contributed by atoms with van der Waals surface area (Å²) in [6.45, 7) is 3.63. The number of aliphatic hydroxyl groups is 1. The van der Waals surface area contributed by atoms with Gasteiger partial charge in [0.25, 0.3) is 5.91 Å². The minimum absolute atomic E-state index is 0.295. The zero-order valence-electron chi connectivity index (χ0n) is 8.97. The van der Waals surface area contributed by atoms with E-state index in [9.17, 15) is 9.90 Å². The van der Waals surface area contributed by atoms with Crippen molar-refractivity contribution >= 4 is 5.91 Å². The number of hydrogen-bond acceptors (Lipinski definition) is 2. The average Bonchev–Trinajstić information content (AvgIpc) is 2.55. The van der Waals surface area contributed by atoms with E-state index in [-0.39, 0.29) is 5.91 Å². The van der Waals surface area contributed by atoms with E-state index >= 15 is 0 Å². The number of carbonyl (C=O) groups is 1. The molecule has 0 saturated carbocycles. The highest BCUT2D eigenvalue weighted by atomic mass is 16.3. The molecule has 3 nitrogen and oxygen atoms in total. The van der Waals surface area contributed by atoms with E-state index in [0.29, 0.717) is 6.54 Å². The van der Waals surface area contributed by atoms with Gasteiger partial charge in [-0.1, -0.05) is 11.6 Å². The van der Waals surface area contributed by atoms with E-state index in [1.165, 1.54) is 38.7 Å². The summed E-state index contributed by atoms with van der Waals surface area (Å²) in [5, 5.41) is 12.1. The predicted molar refractivity (Wildman–Crippen MR) is 55.9 cm³/mol. The molecule has 0 fully saturated rings. The Morgan fingerprint density at radius 1 is 1.64 bits per heavy atom. The molecule has 1 aliphatic carbocycles. The summed E-state index contributed by atoms with van der Waals surface area (Å²) in [7, 11) is 0. The summed E-state index contributed by atoms with van der Waals surface area (Å²) in [6.07, 6.45) is 6.75. The first-order chi connectivity index (χ1) is 6.50. The Labute approximate surface area is 85.2 Å². The number of amides is 1. The highest BCUT2D eigenvalue weighted by molar-refractivity contribution is 5.83. The van der Waals surface area contributed by atoms with Gasteiger partial charge in [-0.15, -0.1) is 0 Å². The summed E-state index contributed by atoms with van der Waals surface area (Å²) in [6, 6.07) is 0. The number of allylic oxidation sites excluding steroid dienone is 1. The van der Waals surface area contributed by atoms with Crippen molar-refractivity contribution in [2.45, 2.75) is 45.1 Å². The van der Waals surface area contributed by atoms with Crippen molar-refractivity contribution in [3.63, 3.8) is 0 Å². The molecular weight excluding hydrogens is 178 g/mol. The van der Waals surface area contributed by atoms with Crippen LogP contribution < -0.4 is 5.32 Å². The summed E-state index contributed by atoms with van der Waals surface area (Å²) >= 11 is 0. The van der Waals surface area contributed by atoms with Crippen LogP contribution in [0.15, 0.2) is 11.6 Å². The minimum Gasteiger partial charge on any atom is -0.381 e. The zero-order valence-corrected chi connectivity index (χ0v) is 8.97. The third-order valence-corrected chi connectivity index (χ3v) is 2.42. The fourth-order valence-electron chi connectivity index (χ4n) is 1.52. The van der Waals surface area contributed by atoms with E-state index in [4.69, 9.17) is 0 Å². The third-order valence-electron chi connectivity index (χ3n) is 2.42. The van der Waals surface area contributed by atoms with Gasteiger partial charge in [0.2, 0.25) is 0 Å². The molecule has 0 atom stereocenters. The molecular formula is C11H19NO2. The van der Waals surface area contributed by atoms with E-state index in [0.717, 1.165) is 6.42 Å². The topological polar surface area (TPSA) is 49.3 Å². The molecule has 0 aliphatic heterocycles. The van der Waals surface area contributed by atoms with Gasteiger partial charge in [-0.3, -0.25) is 4.79 Å². The quantitative estimate of drug-likeness (QED) is 0.669. The van der Waals surface area contributed by atoms with Crippen molar-refractivity contribution in [1.29, 1.82) is 0 Å². The van der Waals surface area contributed by atoms with Gasteiger partial charge in [-0.2, -0.15) is 0 Å². The van der Waals surface area contributed by atoms with E-state index in [1.54, 1.807) is 0 Å². The van der Waals surface area contributed by atoms with Crippen LogP contribution in [0.25, 0.3) is 0 Å². The first-order valence-electron chi connectivity index (χ1n) is 5.19. The predicted octanol–water partition coefficient (Wildman–Crippen LogP) is 1.37. The molecule has 0 heterocycles. The highest BCUT2D eigenvalue weighted by Gasteiger charge is 2.22. The van der Waals surface area contributed by atoms with Gasteiger partial charge >= 0.3 is 0 Å². The molecule has 0 unspecified atom stereocenters. The minimum atomic E-state index is -1.26. The monoisotopic (exact) mass is 197 g/mol. The Hall–Kier alpha value is -0.830. The number of carbonyl (C=O) groups excluding carboxylic acids is 1. The van der Waals surface area contributed by atoms with Crippen LogP contribution >= 0.6 is 0 Å². The number of rotatable bonds is 4. The van der Waals surface area contributed by atoms with Crippen LogP contribution in [-0.4, -0.2) is 23.2 Å². The molecule has 0 saturated heterocycles. The molecule has 0 aromatic carbocycles. The van der Waals surface area contributed by atoms with Crippen molar-refractivity contribution in [1.82, 2.24) is 5.32 Å². The Morgan fingerprint density at radius 3 is 2.86 bits per heavy atom. The number of hydrogen-bond donors (Lipinski definition) is 2. The smallest absolute Gasteiger partial charge is 0.251 e. The Kier molecular flexibility index (Phi) is 3.69. The van der Waals surface area contributed by atoms with Gasteiger partial charge in [0.1, 0.15) is 5.60 Å². The maximum Gasteiger partial charge on any atom is 0.251 e. The summed E-state index contributed by atoms with van der Waals surface area (Å²) < 4.78 is 0. The van der Waals surface area contributed by atoms with E-state index < -0.39 is 5.60 Å². The van der Waals surface area contributed by atoms with Gasteiger partial charge in [0.05, 0.1) is 0 Å². The fraction of sp³-hybridized carbons (Fsp3) is 0.727. The van der Waals surface area contributed by atoms with Crippen molar-refractivity contribution in [2.75, 3.05) is 6.54 Å². The lowest BCUT2D eigenvalue weighted by Gasteiger charge is -2.16. The van der Waals surface area contributed by atoms with Crippen molar-refractivity contribution in [3.8, 4) is 0 Å². The van der Waals surface area contributed by atoms with E-state index in [2.05, 4.69) is 11.4 Å². The number of nitrogens with one attached hydrogen (secondary N) is 1. The van der Waals surface area contributed by atoms with Crippen LogP contribution in [0, 0.1) is 0 Å². The van der Waals surface area contributed by atoms with Gasteiger partial charge in [0, 0.05) is 6.54 Å². The molecule has 1 rings (SSSR count). The third kappa shape index (κ3) is 3.50. The molecule has 0 aromatic rings. The van der Waals surface area contributed by atoms with Crippen molar-refractivity contribution in [2.24, 2.45) is 0 Å². The summed E-state index contributed by atoms with van der Waals surface area (Å²) in [5.41, 5.74) is 0.172. The van der Waals surface area contributed by atoms with E-state index in [1.807, 2.05) is 0 Å². The normalized spacial score (nSPS) is 16.6. The molecule has 3 heteroatoms. The molecule has 1 amide bonds. The lowest BCUT2D eigenvalue weighted by molar-refractivity contribution is -0.136. The fourth-order valence-corrected chi connectivity index (χ4v) is 1.52. The maximum absolute atomic E-state index is 11.3. The Balaban J connectivity index is 2.18. The van der Waals surface area contributed by atoms with Crippen molar-refractivity contribution < 1.29 is 9.90 Å². The maximum atomic E-state index is 11.3. The van der Waals surface area contributed by atoms with Crippen molar-refractivity contribution in [3.05, 3.63) is 11.6 Å². The SMILES string of the molecule is CC(C)(O)C(=O)NCCC1=CCCC1. The Bertz CT molecular complexity index is 238. The zero-order chi connectivity index (χ0) is 10.6. The Morgan fingerprint density at radius 2 is 2.36 bits per heavy atom. The van der Waals surface area contributed by atoms with Crippen LogP contribution in [0.5, 0.6) is 0 Å². The first kappa shape index (κ1) is 11.2. The standard InChI is InChI=1S/C11H19NO2/c1-11(2,14)10(13)12-8-7-9-5-3-4-6-9/h5,14H,3-4,6-8H2,1-2H3,(H,12,13). The largest absolute Gasteiger partial charge is 0.381 e. The lowest BCUT2D eigenvalue weighted by atomic mass is 10.1. The van der Waals surface area contributed by atoms with Crippen LogP contribution in [0.3, 0.4) is 0 Å². The molecule has 0 radical (unpaired) electrons. The second kappa shape index (κ2) is 4.60. The lowest BCUT2D eigenvalue weighted by Crippen LogP contribution is -2.42. The second-order valence-corrected chi connectivity index (χ2v) is 4.32. The van der Waals surface area contributed by atoms with Gasteiger partial charge < -0.3 is 10.4 Å². The van der Waals surface area contributed by atoms with Crippen LogP contribution in [0.4, 0.5) is 0 Å².